The van der Waals surface area contributed by atoms with Crippen LogP contribution in [-0.2, 0) is 5.75 Å². The minimum Gasteiger partial charge on any atom is -0.384 e. The van der Waals surface area contributed by atoms with Crippen molar-refractivity contribution in [2.75, 3.05) is 5.73 Å². The molecule has 0 unspecified atom stereocenters. The zero-order valence-electron chi connectivity index (χ0n) is 11.5. The topological polar surface area (TPSA) is 51.8 Å². The molecule has 0 bridgehead atoms. The van der Waals surface area contributed by atoms with Crippen LogP contribution >= 0.6 is 23.4 Å². The fraction of sp³-hybridized carbons (Fsp3) is 0.125. The van der Waals surface area contributed by atoms with Crippen molar-refractivity contribution < 1.29 is 0 Å². The van der Waals surface area contributed by atoms with Crippen molar-refractivity contribution in [3.63, 3.8) is 0 Å². The molecule has 0 radical (unpaired) electrons. The first-order valence-corrected chi connectivity index (χ1v) is 7.88. The van der Waals surface area contributed by atoms with Gasteiger partial charge in [0.2, 0.25) is 0 Å². The highest BCUT2D eigenvalue weighted by atomic mass is 35.5. The predicted molar refractivity (Wildman–Crippen MR) is 89.7 cm³/mol. The fourth-order valence-electron chi connectivity index (χ4n) is 2.04. The van der Waals surface area contributed by atoms with E-state index in [4.69, 9.17) is 17.3 Å². The van der Waals surface area contributed by atoms with Gasteiger partial charge in [-0.05, 0) is 36.8 Å². The maximum atomic E-state index is 6.29. The number of hydrogen-bond acceptors (Lipinski definition) is 4. The molecule has 0 saturated carbocycles. The van der Waals surface area contributed by atoms with Gasteiger partial charge in [0, 0.05) is 27.8 Å². The number of aryl methyl sites for hydroxylation is 1. The lowest BCUT2D eigenvalue weighted by Gasteiger charge is -2.07. The monoisotopic (exact) mass is 315 g/mol. The van der Waals surface area contributed by atoms with Crippen molar-refractivity contribution in [1.82, 2.24) is 9.97 Å². The molecule has 0 aliphatic rings. The van der Waals surface area contributed by atoms with Gasteiger partial charge in [-0.25, -0.2) is 9.97 Å². The van der Waals surface area contributed by atoms with Crippen LogP contribution < -0.4 is 5.73 Å². The van der Waals surface area contributed by atoms with E-state index in [0.29, 0.717) is 11.0 Å². The summed E-state index contributed by atoms with van der Waals surface area (Å²) in [6, 6.07) is 12.1. The molecule has 1 aromatic carbocycles. The number of aromatic nitrogens is 2. The van der Waals surface area contributed by atoms with E-state index in [1.54, 1.807) is 24.0 Å². The molecule has 3 rings (SSSR count). The molecule has 0 aliphatic heterocycles. The average Bonchev–Trinajstić information content (AvgIpc) is 2.47. The van der Waals surface area contributed by atoms with Crippen molar-refractivity contribution in [1.29, 1.82) is 0 Å². The third-order valence-electron chi connectivity index (χ3n) is 3.15. The number of nitrogens with two attached hydrogens (primary N) is 1. The van der Waals surface area contributed by atoms with Crippen molar-refractivity contribution in [3.05, 3.63) is 58.9 Å². The summed E-state index contributed by atoms with van der Waals surface area (Å²) in [7, 11) is 0. The largest absolute Gasteiger partial charge is 0.384 e. The lowest BCUT2D eigenvalue weighted by Crippen LogP contribution is -1.91. The Bertz CT molecular complexity index is 787. The predicted octanol–water partition coefficient (Wildman–Crippen LogP) is 4.47. The van der Waals surface area contributed by atoms with Gasteiger partial charge in [-0.15, -0.1) is 11.8 Å². The van der Waals surface area contributed by atoms with Gasteiger partial charge >= 0.3 is 0 Å². The van der Waals surface area contributed by atoms with Crippen LogP contribution in [0.15, 0.2) is 47.5 Å². The molecule has 106 valence electrons. The number of fused-ring (bicyclic) bond motifs is 1. The van der Waals surface area contributed by atoms with Crippen molar-refractivity contribution >= 4 is 40.1 Å². The summed E-state index contributed by atoms with van der Waals surface area (Å²) >= 11 is 7.95. The van der Waals surface area contributed by atoms with Crippen LogP contribution in [0.2, 0.25) is 5.15 Å². The van der Waals surface area contributed by atoms with E-state index in [-0.39, 0.29) is 0 Å². The van der Waals surface area contributed by atoms with Crippen molar-refractivity contribution in [3.8, 4) is 0 Å². The van der Waals surface area contributed by atoms with E-state index in [0.717, 1.165) is 27.1 Å². The molecular formula is C16H14ClN3S. The van der Waals surface area contributed by atoms with E-state index in [9.17, 15) is 0 Å². The van der Waals surface area contributed by atoms with Crippen LogP contribution in [0, 0.1) is 6.92 Å². The van der Waals surface area contributed by atoms with Gasteiger partial charge in [-0.2, -0.15) is 0 Å². The third kappa shape index (κ3) is 3.28. The van der Waals surface area contributed by atoms with Crippen LogP contribution in [-0.4, -0.2) is 9.97 Å². The van der Waals surface area contributed by atoms with Gasteiger partial charge in [0.05, 0.1) is 5.52 Å². The number of rotatable bonds is 3. The molecule has 0 spiro atoms. The lowest BCUT2D eigenvalue weighted by molar-refractivity contribution is 1.24. The van der Waals surface area contributed by atoms with Gasteiger partial charge in [0.1, 0.15) is 11.0 Å². The van der Waals surface area contributed by atoms with Crippen molar-refractivity contribution in [2.45, 2.75) is 17.6 Å². The molecular weight excluding hydrogens is 302 g/mol. The first-order valence-electron chi connectivity index (χ1n) is 6.52. The Balaban J connectivity index is 1.85. The number of pyridine rings is 2. The van der Waals surface area contributed by atoms with E-state index >= 15 is 0 Å². The molecule has 0 atom stereocenters. The van der Waals surface area contributed by atoms with Gasteiger partial charge in [0.15, 0.2) is 0 Å². The standard InChI is InChI=1S/C16H14ClN3S/c1-10-2-3-11-7-12(16(17)20-14(11)6-10)9-21-13-4-5-15(18)19-8-13/h2-8H,9H2,1H3,(H2,18,19). The molecule has 0 saturated heterocycles. The molecule has 2 aromatic heterocycles. The first kappa shape index (κ1) is 14.2. The number of benzene rings is 1. The minimum absolute atomic E-state index is 0.528. The Hall–Kier alpha value is -1.78. The van der Waals surface area contributed by atoms with E-state index < -0.39 is 0 Å². The first-order chi connectivity index (χ1) is 10.1. The Morgan fingerprint density at radius 1 is 1.19 bits per heavy atom. The molecule has 2 heterocycles. The van der Waals surface area contributed by atoms with Crippen LogP contribution in [0.4, 0.5) is 5.82 Å². The highest BCUT2D eigenvalue weighted by molar-refractivity contribution is 7.98. The Labute approximate surface area is 132 Å². The molecule has 3 nitrogen and oxygen atoms in total. The summed E-state index contributed by atoms with van der Waals surface area (Å²) in [6.07, 6.45) is 1.77. The van der Waals surface area contributed by atoms with Gasteiger partial charge < -0.3 is 5.73 Å². The second kappa shape index (κ2) is 5.92. The normalized spacial score (nSPS) is 11.0. The Kier molecular flexibility index (Phi) is 3.99. The number of anilines is 1. The summed E-state index contributed by atoms with van der Waals surface area (Å²) in [6.45, 7) is 2.05. The highest BCUT2D eigenvalue weighted by Crippen LogP contribution is 2.28. The van der Waals surface area contributed by atoms with Gasteiger partial charge in [-0.3, -0.25) is 0 Å². The van der Waals surface area contributed by atoms with E-state index in [2.05, 4.69) is 28.2 Å². The molecule has 0 fully saturated rings. The van der Waals surface area contributed by atoms with Crippen molar-refractivity contribution in [2.24, 2.45) is 0 Å². The zero-order chi connectivity index (χ0) is 14.8. The molecule has 2 N–H and O–H groups in total. The fourth-order valence-corrected chi connectivity index (χ4v) is 3.16. The van der Waals surface area contributed by atoms with Crippen LogP contribution in [0.1, 0.15) is 11.1 Å². The van der Waals surface area contributed by atoms with Crippen LogP contribution in [0.5, 0.6) is 0 Å². The number of thioether (sulfide) groups is 1. The van der Waals surface area contributed by atoms with Crippen LogP contribution in [0.25, 0.3) is 10.9 Å². The molecule has 3 aromatic rings. The highest BCUT2D eigenvalue weighted by Gasteiger charge is 2.06. The molecule has 0 aliphatic carbocycles. The molecule has 21 heavy (non-hydrogen) atoms. The summed E-state index contributed by atoms with van der Waals surface area (Å²) < 4.78 is 0. The van der Waals surface area contributed by atoms with Gasteiger partial charge in [0.25, 0.3) is 0 Å². The summed E-state index contributed by atoms with van der Waals surface area (Å²) in [5.41, 5.74) is 8.72. The number of hydrogen-bond donors (Lipinski definition) is 1. The Morgan fingerprint density at radius 3 is 2.81 bits per heavy atom. The zero-order valence-corrected chi connectivity index (χ0v) is 13.1. The smallest absolute Gasteiger partial charge is 0.133 e. The average molecular weight is 316 g/mol. The van der Waals surface area contributed by atoms with E-state index in [1.165, 1.54) is 5.56 Å². The minimum atomic E-state index is 0.528. The summed E-state index contributed by atoms with van der Waals surface area (Å²) in [5.74, 6) is 1.28. The maximum absolute atomic E-state index is 6.29. The number of nitrogens with zero attached hydrogens (tertiary/aromatic N) is 2. The second-order valence-corrected chi connectivity index (χ2v) is 6.25. The SMILES string of the molecule is Cc1ccc2cc(CSc3ccc(N)nc3)c(Cl)nc2c1. The maximum Gasteiger partial charge on any atom is 0.133 e. The second-order valence-electron chi connectivity index (χ2n) is 4.84. The summed E-state index contributed by atoms with van der Waals surface area (Å²) in [4.78, 5) is 9.62. The molecule has 5 heteroatoms. The van der Waals surface area contributed by atoms with E-state index in [1.807, 2.05) is 19.1 Å². The Morgan fingerprint density at radius 2 is 2.05 bits per heavy atom. The quantitative estimate of drug-likeness (QED) is 0.572. The van der Waals surface area contributed by atoms with Crippen LogP contribution in [0.3, 0.4) is 0 Å². The summed E-state index contributed by atoms with van der Waals surface area (Å²) in [5, 5.41) is 1.67. The lowest BCUT2D eigenvalue weighted by atomic mass is 10.1. The number of halogens is 1. The number of nitrogen functional groups attached to an aromatic ring is 1. The third-order valence-corrected chi connectivity index (χ3v) is 4.51. The van der Waals surface area contributed by atoms with Gasteiger partial charge in [-0.1, -0.05) is 23.7 Å². The molecule has 0 amide bonds.